The molecule has 3 heteroatoms. The zero-order chi connectivity index (χ0) is 14.2. The second kappa shape index (κ2) is 17.6. The van der Waals surface area contributed by atoms with Crippen LogP contribution in [0.2, 0.25) is 0 Å². The molecule has 3 nitrogen and oxygen atoms in total. The van der Waals surface area contributed by atoms with E-state index >= 15 is 0 Å². The molecule has 0 aliphatic rings. The molecule has 0 N–H and O–H groups in total. The van der Waals surface area contributed by atoms with Crippen molar-refractivity contribution in [3.05, 3.63) is 30.3 Å². The first-order chi connectivity index (χ1) is 9.35. The minimum absolute atomic E-state index is 0. The lowest BCUT2D eigenvalue weighted by molar-refractivity contribution is -0.108. The summed E-state index contributed by atoms with van der Waals surface area (Å²) in [5.74, 6) is 0.985. The summed E-state index contributed by atoms with van der Waals surface area (Å²) in [6, 6.07) is 10.0. The summed E-state index contributed by atoms with van der Waals surface area (Å²) in [7, 11) is 1.57. The highest BCUT2D eigenvalue weighted by atomic mass is 16.5. The van der Waals surface area contributed by atoms with Crippen LogP contribution in [-0.4, -0.2) is 26.6 Å². The van der Waals surface area contributed by atoms with Gasteiger partial charge in [-0.05, 0) is 18.6 Å². The highest BCUT2D eigenvalue weighted by Crippen LogP contribution is 2.09. The topological polar surface area (TPSA) is 35.5 Å². The van der Waals surface area contributed by atoms with Crippen LogP contribution in [0.25, 0.3) is 0 Å². The van der Waals surface area contributed by atoms with Crippen molar-refractivity contribution in [3.63, 3.8) is 0 Å². The average molecular weight is 282 g/mol. The van der Waals surface area contributed by atoms with Crippen molar-refractivity contribution in [2.24, 2.45) is 0 Å². The van der Waals surface area contributed by atoms with Crippen LogP contribution in [0.15, 0.2) is 30.3 Å². The number of methoxy groups -OCH3 is 1. The smallest absolute Gasteiger partial charge is 0.122 e. The van der Waals surface area contributed by atoms with Crippen molar-refractivity contribution in [2.45, 2.75) is 46.5 Å². The maximum Gasteiger partial charge on any atom is 0.122 e. The summed E-state index contributed by atoms with van der Waals surface area (Å²) >= 11 is 0. The molecule has 0 heterocycles. The van der Waals surface area contributed by atoms with Gasteiger partial charge in [0.1, 0.15) is 12.0 Å². The van der Waals surface area contributed by atoms with Gasteiger partial charge in [0.2, 0.25) is 0 Å². The fourth-order valence-electron chi connectivity index (χ4n) is 1.40. The summed E-state index contributed by atoms with van der Waals surface area (Å²) in [5, 5.41) is 0. The van der Waals surface area contributed by atoms with Crippen molar-refractivity contribution < 1.29 is 14.3 Å². The molecule has 0 bridgehead atoms. The fraction of sp³-hybridized carbons (Fsp3) is 0.588. The zero-order valence-electron chi connectivity index (χ0n) is 12.1. The van der Waals surface area contributed by atoms with Crippen molar-refractivity contribution in [1.82, 2.24) is 0 Å². The molecule has 0 saturated carbocycles. The maximum atomic E-state index is 9.48. The SMILES string of the molecule is C.CCCCCCOc1ccccc1.COCCC=O. The third-order valence-electron chi connectivity index (χ3n) is 2.45. The van der Waals surface area contributed by atoms with Crippen molar-refractivity contribution in [2.75, 3.05) is 20.3 Å². The van der Waals surface area contributed by atoms with E-state index in [9.17, 15) is 4.79 Å². The maximum absolute atomic E-state index is 9.48. The van der Waals surface area contributed by atoms with E-state index < -0.39 is 0 Å². The molecule has 20 heavy (non-hydrogen) atoms. The minimum Gasteiger partial charge on any atom is -0.494 e. The van der Waals surface area contributed by atoms with E-state index in [1.54, 1.807) is 7.11 Å². The van der Waals surface area contributed by atoms with Gasteiger partial charge in [0, 0.05) is 13.5 Å². The summed E-state index contributed by atoms with van der Waals surface area (Å²) in [5.41, 5.74) is 0. The molecule has 0 radical (unpaired) electrons. The Hall–Kier alpha value is -1.35. The van der Waals surface area contributed by atoms with E-state index in [1.807, 2.05) is 30.3 Å². The second-order valence-corrected chi connectivity index (χ2v) is 4.17. The predicted octanol–water partition coefficient (Wildman–Crippen LogP) is 4.50. The van der Waals surface area contributed by atoms with Gasteiger partial charge in [0.25, 0.3) is 0 Å². The van der Waals surface area contributed by atoms with Gasteiger partial charge in [-0.15, -0.1) is 0 Å². The van der Waals surface area contributed by atoms with Crippen molar-refractivity contribution in [3.8, 4) is 5.75 Å². The van der Waals surface area contributed by atoms with Crippen LogP contribution in [0.3, 0.4) is 0 Å². The van der Waals surface area contributed by atoms with Gasteiger partial charge in [-0.3, -0.25) is 0 Å². The predicted molar refractivity (Wildman–Crippen MR) is 85.4 cm³/mol. The lowest BCUT2D eigenvalue weighted by Gasteiger charge is -2.04. The summed E-state index contributed by atoms with van der Waals surface area (Å²) in [4.78, 5) is 9.48. The first-order valence-corrected chi connectivity index (χ1v) is 6.95. The normalized spacial score (nSPS) is 8.90. The van der Waals surface area contributed by atoms with Gasteiger partial charge in [0.15, 0.2) is 0 Å². The Morgan fingerprint density at radius 1 is 1.05 bits per heavy atom. The molecule has 1 aromatic rings. The molecule has 0 fully saturated rings. The molecule has 0 amide bonds. The van der Waals surface area contributed by atoms with E-state index in [-0.39, 0.29) is 7.43 Å². The summed E-state index contributed by atoms with van der Waals surface area (Å²) in [6.07, 6.45) is 6.40. The van der Waals surface area contributed by atoms with Gasteiger partial charge < -0.3 is 14.3 Å². The minimum atomic E-state index is 0. The Morgan fingerprint density at radius 2 is 1.75 bits per heavy atom. The van der Waals surface area contributed by atoms with Crippen molar-refractivity contribution >= 4 is 6.29 Å². The number of carbonyl (C=O) groups is 1. The number of carbonyl (C=O) groups excluding carboxylic acids is 1. The molecule has 0 atom stereocenters. The molecule has 0 unspecified atom stereocenters. The first-order valence-electron chi connectivity index (χ1n) is 6.95. The molecule has 116 valence electrons. The Labute approximate surface area is 124 Å². The molecule has 0 aliphatic carbocycles. The van der Waals surface area contributed by atoms with E-state index in [1.165, 1.54) is 25.7 Å². The van der Waals surface area contributed by atoms with Gasteiger partial charge >= 0.3 is 0 Å². The standard InChI is InChI=1S/C12H18O.C4H8O2.CH4/c1-2-3-4-8-11-13-12-9-6-5-7-10-12;1-6-4-2-3-5;/h5-7,9-10H,2-4,8,11H2,1H3;3H,2,4H2,1H3;1H4. The molecule has 0 spiro atoms. The van der Waals surface area contributed by atoms with Crippen molar-refractivity contribution in [1.29, 1.82) is 0 Å². The molecule has 1 rings (SSSR count). The first kappa shape index (κ1) is 21.0. The highest BCUT2D eigenvalue weighted by Gasteiger charge is 1.91. The third-order valence-corrected chi connectivity index (χ3v) is 2.45. The molecule has 0 aromatic heterocycles. The Bertz CT molecular complexity index is 286. The summed E-state index contributed by atoms with van der Waals surface area (Å²) in [6.45, 7) is 3.62. The fourth-order valence-corrected chi connectivity index (χ4v) is 1.40. The van der Waals surface area contributed by atoms with Crippen LogP contribution in [0, 0.1) is 0 Å². The van der Waals surface area contributed by atoms with E-state index in [2.05, 4.69) is 11.7 Å². The Kier molecular flexibility index (Phi) is 18.5. The Balaban J connectivity index is 0. The van der Waals surface area contributed by atoms with Crippen LogP contribution < -0.4 is 4.74 Å². The van der Waals surface area contributed by atoms with Gasteiger partial charge in [-0.25, -0.2) is 0 Å². The van der Waals surface area contributed by atoms with Gasteiger partial charge in [-0.1, -0.05) is 51.8 Å². The van der Waals surface area contributed by atoms with Crippen LogP contribution in [0.5, 0.6) is 5.75 Å². The number of hydrogen-bond acceptors (Lipinski definition) is 3. The molecule has 0 aliphatic heterocycles. The number of aldehydes is 1. The number of rotatable bonds is 9. The van der Waals surface area contributed by atoms with Gasteiger partial charge in [0.05, 0.1) is 13.2 Å². The Morgan fingerprint density at radius 3 is 2.25 bits per heavy atom. The largest absolute Gasteiger partial charge is 0.494 e. The molecular formula is C17H30O3. The van der Waals surface area contributed by atoms with E-state index in [0.29, 0.717) is 13.0 Å². The van der Waals surface area contributed by atoms with Gasteiger partial charge in [-0.2, -0.15) is 0 Å². The number of benzene rings is 1. The van der Waals surface area contributed by atoms with Crippen LogP contribution in [-0.2, 0) is 9.53 Å². The van der Waals surface area contributed by atoms with Crippen LogP contribution in [0.4, 0.5) is 0 Å². The monoisotopic (exact) mass is 282 g/mol. The summed E-state index contributed by atoms with van der Waals surface area (Å²) < 4.78 is 10.1. The zero-order valence-corrected chi connectivity index (χ0v) is 12.1. The lowest BCUT2D eigenvalue weighted by Crippen LogP contribution is -1.96. The molecular weight excluding hydrogens is 252 g/mol. The number of hydrogen-bond donors (Lipinski definition) is 0. The van der Waals surface area contributed by atoms with Crippen LogP contribution in [0.1, 0.15) is 46.5 Å². The second-order valence-electron chi connectivity index (χ2n) is 4.17. The third kappa shape index (κ3) is 14.7. The number of ether oxygens (including phenoxy) is 2. The number of unbranched alkanes of at least 4 members (excludes halogenated alkanes) is 3. The number of para-hydroxylation sites is 1. The van der Waals surface area contributed by atoms with E-state index in [0.717, 1.165) is 18.6 Å². The quantitative estimate of drug-likeness (QED) is 0.494. The lowest BCUT2D eigenvalue weighted by atomic mass is 10.2. The molecule has 0 saturated heterocycles. The van der Waals surface area contributed by atoms with E-state index in [4.69, 9.17) is 4.74 Å². The van der Waals surface area contributed by atoms with Crippen LogP contribution >= 0.6 is 0 Å². The molecule has 1 aromatic carbocycles. The average Bonchev–Trinajstić information content (AvgIpc) is 2.47. The highest BCUT2D eigenvalue weighted by molar-refractivity contribution is 5.49.